The number of halogens is 1. The molecule has 140 valence electrons. The molecule has 1 aliphatic rings. The van der Waals surface area contributed by atoms with Gasteiger partial charge < -0.3 is 14.4 Å². The molecule has 0 unspecified atom stereocenters. The van der Waals surface area contributed by atoms with Gasteiger partial charge in [-0.2, -0.15) is 0 Å². The average Bonchev–Trinajstić information content (AvgIpc) is 3.12. The molecule has 1 heterocycles. The van der Waals surface area contributed by atoms with E-state index in [0.717, 1.165) is 5.56 Å². The number of carbonyl (C=O) groups excluding carboxylic acids is 2. The predicted octanol–water partition coefficient (Wildman–Crippen LogP) is 3.06. The van der Waals surface area contributed by atoms with E-state index in [-0.39, 0.29) is 24.6 Å². The largest absolute Gasteiger partial charge is 0.485 e. The van der Waals surface area contributed by atoms with Gasteiger partial charge in [-0.1, -0.05) is 42.5 Å². The molecule has 6 heteroatoms. The Bertz CT molecular complexity index is 837. The van der Waals surface area contributed by atoms with Crippen molar-refractivity contribution in [3.8, 4) is 5.75 Å². The van der Waals surface area contributed by atoms with Crippen molar-refractivity contribution in [1.82, 2.24) is 4.90 Å². The van der Waals surface area contributed by atoms with Crippen LogP contribution in [0.1, 0.15) is 12.0 Å². The van der Waals surface area contributed by atoms with Gasteiger partial charge in [0.2, 0.25) is 5.91 Å². The van der Waals surface area contributed by atoms with Gasteiger partial charge in [0.15, 0.2) is 11.6 Å². The van der Waals surface area contributed by atoms with Gasteiger partial charge in [0.25, 0.3) is 0 Å². The highest BCUT2D eigenvalue weighted by Gasteiger charge is 2.41. The molecule has 0 spiro atoms. The van der Waals surface area contributed by atoms with Gasteiger partial charge in [0.05, 0.1) is 13.7 Å². The standard InChI is InChI=1S/C21H20FNO4/c1-26-21(25)18-13-16(27-19-10-6-5-9-17(19)22)14-23(18)20(24)12-11-15-7-3-2-4-8-15/h2-12,16,18H,13-14H2,1H3/b12-11+/t16-,18-/m1/s1. The van der Waals surface area contributed by atoms with Crippen molar-refractivity contribution < 1.29 is 23.5 Å². The fraction of sp³-hybridized carbons (Fsp3) is 0.238. The van der Waals surface area contributed by atoms with Crippen LogP contribution in [0.25, 0.3) is 6.08 Å². The number of hydrogen-bond donors (Lipinski definition) is 0. The summed E-state index contributed by atoms with van der Waals surface area (Å²) >= 11 is 0. The van der Waals surface area contributed by atoms with E-state index in [1.165, 1.54) is 30.2 Å². The summed E-state index contributed by atoms with van der Waals surface area (Å²) in [6.07, 6.45) is 2.84. The maximum absolute atomic E-state index is 13.8. The SMILES string of the molecule is COC(=O)[C@H]1C[C@@H](Oc2ccccc2F)CN1C(=O)/C=C/c1ccccc1. The average molecular weight is 369 g/mol. The number of ether oxygens (including phenoxy) is 2. The van der Waals surface area contributed by atoms with E-state index in [0.29, 0.717) is 0 Å². The Kier molecular flexibility index (Phi) is 5.86. The molecule has 0 aromatic heterocycles. The number of esters is 1. The summed E-state index contributed by atoms with van der Waals surface area (Å²) in [5.74, 6) is -1.23. The highest BCUT2D eigenvalue weighted by Crippen LogP contribution is 2.26. The summed E-state index contributed by atoms with van der Waals surface area (Å²) in [4.78, 5) is 26.1. The van der Waals surface area contributed by atoms with Gasteiger partial charge >= 0.3 is 5.97 Å². The zero-order chi connectivity index (χ0) is 19.2. The zero-order valence-corrected chi connectivity index (χ0v) is 14.9. The third-order valence-electron chi connectivity index (χ3n) is 4.37. The first-order chi connectivity index (χ1) is 13.1. The highest BCUT2D eigenvalue weighted by molar-refractivity contribution is 5.95. The van der Waals surface area contributed by atoms with E-state index in [1.807, 2.05) is 30.3 Å². The van der Waals surface area contributed by atoms with Gasteiger partial charge in [-0.25, -0.2) is 9.18 Å². The Morgan fingerprint density at radius 1 is 1.11 bits per heavy atom. The second kappa shape index (κ2) is 8.49. The van der Waals surface area contributed by atoms with Crippen LogP contribution < -0.4 is 4.74 Å². The number of carbonyl (C=O) groups is 2. The number of rotatable bonds is 5. The number of hydrogen-bond acceptors (Lipinski definition) is 4. The molecule has 0 radical (unpaired) electrons. The van der Waals surface area contributed by atoms with Gasteiger partial charge in [-0.15, -0.1) is 0 Å². The Hall–Kier alpha value is -3.15. The number of benzene rings is 2. The molecular formula is C21H20FNO4. The Morgan fingerprint density at radius 3 is 2.52 bits per heavy atom. The normalized spacial score (nSPS) is 19.3. The van der Waals surface area contributed by atoms with E-state index in [9.17, 15) is 14.0 Å². The van der Waals surface area contributed by atoms with Crippen molar-refractivity contribution in [3.05, 3.63) is 72.1 Å². The van der Waals surface area contributed by atoms with Crippen LogP contribution in [0.4, 0.5) is 4.39 Å². The molecule has 1 saturated heterocycles. The maximum Gasteiger partial charge on any atom is 0.328 e. The van der Waals surface area contributed by atoms with E-state index >= 15 is 0 Å². The lowest BCUT2D eigenvalue weighted by molar-refractivity contribution is -0.149. The Balaban J connectivity index is 1.73. The Morgan fingerprint density at radius 2 is 1.81 bits per heavy atom. The summed E-state index contributed by atoms with van der Waals surface area (Å²) in [5, 5.41) is 0. The molecule has 0 N–H and O–H groups in total. The molecule has 3 rings (SSSR count). The minimum atomic E-state index is -0.764. The van der Waals surface area contributed by atoms with E-state index in [2.05, 4.69) is 0 Å². The summed E-state index contributed by atoms with van der Waals surface area (Å²) in [5.41, 5.74) is 0.874. The molecule has 0 saturated carbocycles. The quantitative estimate of drug-likeness (QED) is 0.600. The number of amides is 1. The van der Waals surface area contributed by atoms with Crippen LogP contribution in [0, 0.1) is 5.82 Å². The minimum absolute atomic E-state index is 0.0974. The van der Waals surface area contributed by atoms with Crippen LogP contribution in [0.15, 0.2) is 60.7 Å². The number of para-hydroxylation sites is 1. The third-order valence-corrected chi connectivity index (χ3v) is 4.37. The fourth-order valence-electron chi connectivity index (χ4n) is 3.03. The highest BCUT2D eigenvalue weighted by atomic mass is 19.1. The first-order valence-electron chi connectivity index (χ1n) is 8.61. The molecule has 27 heavy (non-hydrogen) atoms. The maximum atomic E-state index is 13.8. The van der Waals surface area contributed by atoms with Crippen LogP contribution in [0.2, 0.25) is 0 Å². The number of methoxy groups -OCH3 is 1. The molecule has 1 fully saturated rings. The third kappa shape index (κ3) is 4.53. The van der Waals surface area contributed by atoms with Crippen LogP contribution in [0.5, 0.6) is 5.75 Å². The van der Waals surface area contributed by atoms with Gasteiger partial charge in [0, 0.05) is 12.5 Å². The molecule has 0 bridgehead atoms. The van der Waals surface area contributed by atoms with Crippen LogP contribution in [-0.2, 0) is 14.3 Å². The van der Waals surface area contributed by atoms with Gasteiger partial charge in [-0.3, -0.25) is 4.79 Å². The van der Waals surface area contributed by atoms with Crippen LogP contribution >= 0.6 is 0 Å². The van der Waals surface area contributed by atoms with Crippen molar-refractivity contribution in [2.45, 2.75) is 18.6 Å². The van der Waals surface area contributed by atoms with Crippen molar-refractivity contribution in [2.75, 3.05) is 13.7 Å². The number of likely N-dealkylation sites (tertiary alicyclic amines) is 1. The second-order valence-corrected chi connectivity index (χ2v) is 6.18. The molecule has 0 aliphatic carbocycles. The zero-order valence-electron chi connectivity index (χ0n) is 14.9. The lowest BCUT2D eigenvalue weighted by atomic mass is 10.2. The Labute approximate surface area is 157 Å². The summed E-state index contributed by atoms with van der Waals surface area (Å²) in [6, 6.07) is 14.7. The predicted molar refractivity (Wildman–Crippen MR) is 98.4 cm³/mol. The van der Waals surface area contributed by atoms with Gasteiger partial charge in [0.1, 0.15) is 12.1 Å². The van der Waals surface area contributed by atoms with Crippen LogP contribution in [-0.4, -0.2) is 42.6 Å². The van der Waals surface area contributed by atoms with Crippen molar-refractivity contribution >= 4 is 18.0 Å². The van der Waals surface area contributed by atoms with E-state index < -0.39 is 23.9 Å². The van der Waals surface area contributed by atoms with Crippen molar-refractivity contribution in [2.24, 2.45) is 0 Å². The van der Waals surface area contributed by atoms with Crippen molar-refractivity contribution in [1.29, 1.82) is 0 Å². The number of nitrogens with zero attached hydrogens (tertiary/aromatic N) is 1. The van der Waals surface area contributed by atoms with E-state index in [1.54, 1.807) is 18.2 Å². The molecule has 5 nitrogen and oxygen atoms in total. The lowest BCUT2D eigenvalue weighted by Crippen LogP contribution is -2.40. The fourth-order valence-corrected chi connectivity index (χ4v) is 3.03. The van der Waals surface area contributed by atoms with Crippen LogP contribution in [0.3, 0.4) is 0 Å². The van der Waals surface area contributed by atoms with E-state index in [4.69, 9.17) is 9.47 Å². The monoisotopic (exact) mass is 369 g/mol. The molecule has 1 aliphatic heterocycles. The molecule has 2 atom stereocenters. The second-order valence-electron chi connectivity index (χ2n) is 6.18. The smallest absolute Gasteiger partial charge is 0.328 e. The topological polar surface area (TPSA) is 55.8 Å². The summed E-state index contributed by atoms with van der Waals surface area (Å²) < 4.78 is 24.3. The molecule has 1 amide bonds. The summed E-state index contributed by atoms with van der Waals surface area (Å²) in [7, 11) is 1.27. The lowest BCUT2D eigenvalue weighted by Gasteiger charge is -2.20. The first-order valence-corrected chi connectivity index (χ1v) is 8.61. The molecule has 2 aromatic carbocycles. The first kappa shape index (κ1) is 18.6. The van der Waals surface area contributed by atoms with Crippen molar-refractivity contribution in [3.63, 3.8) is 0 Å². The summed E-state index contributed by atoms with van der Waals surface area (Å²) in [6.45, 7) is 0.173. The van der Waals surface area contributed by atoms with Gasteiger partial charge in [-0.05, 0) is 23.8 Å². The molecule has 2 aromatic rings. The molecular weight excluding hydrogens is 349 g/mol. The minimum Gasteiger partial charge on any atom is -0.485 e.